The van der Waals surface area contributed by atoms with E-state index in [0.29, 0.717) is 32.2 Å². The number of rotatable bonds is 9. The Hall–Kier alpha value is -3.46. The molecule has 0 radical (unpaired) electrons. The van der Waals surface area contributed by atoms with E-state index in [9.17, 15) is 9.90 Å². The molecule has 1 saturated carbocycles. The fourth-order valence-electron chi connectivity index (χ4n) is 8.04. The molecule has 232 valence electrons. The molecule has 7 rings (SSSR count). The number of hydrogen-bond acceptors (Lipinski definition) is 7. The van der Waals surface area contributed by atoms with Crippen LogP contribution >= 0.6 is 0 Å². The van der Waals surface area contributed by atoms with Gasteiger partial charge in [0.05, 0.1) is 23.8 Å². The summed E-state index contributed by atoms with van der Waals surface area (Å²) in [5.41, 5.74) is 7.56. The van der Waals surface area contributed by atoms with Crippen molar-refractivity contribution < 1.29 is 24.1 Å². The van der Waals surface area contributed by atoms with E-state index in [2.05, 4.69) is 47.9 Å². The van der Waals surface area contributed by atoms with Gasteiger partial charge in [0.2, 0.25) is 0 Å². The highest BCUT2D eigenvalue weighted by Crippen LogP contribution is 2.62. The Morgan fingerprint density at radius 1 is 1.11 bits per heavy atom. The van der Waals surface area contributed by atoms with Crippen LogP contribution in [0.25, 0.3) is 11.3 Å². The lowest BCUT2D eigenvalue weighted by atomic mass is 9.90. The summed E-state index contributed by atoms with van der Waals surface area (Å²) in [5.74, 6) is 1.02. The van der Waals surface area contributed by atoms with Gasteiger partial charge in [0.1, 0.15) is 18.2 Å². The zero-order valence-corrected chi connectivity index (χ0v) is 26.1. The van der Waals surface area contributed by atoms with Crippen LogP contribution in [0.1, 0.15) is 47.1 Å². The number of aryl methyl sites for hydroxylation is 1. The molecule has 44 heavy (non-hydrogen) atoms. The van der Waals surface area contributed by atoms with Crippen molar-refractivity contribution in [1.29, 1.82) is 0 Å². The Kier molecular flexibility index (Phi) is 7.85. The summed E-state index contributed by atoms with van der Waals surface area (Å²) in [4.78, 5) is 22.1. The van der Waals surface area contributed by atoms with Crippen molar-refractivity contribution in [2.24, 2.45) is 11.3 Å². The number of para-hydroxylation sites is 1. The second-order valence-corrected chi connectivity index (χ2v) is 13.0. The Labute approximate surface area is 259 Å². The molecule has 8 nitrogen and oxygen atoms in total. The Balaban J connectivity index is 1.11. The number of carbonyl (C=O) groups is 1. The first-order valence-corrected chi connectivity index (χ1v) is 16.0. The minimum atomic E-state index is -0.735. The fraction of sp³-hybridized carbons (Fsp3) is 0.500. The van der Waals surface area contributed by atoms with Crippen LogP contribution in [0.3, 0.4) is 0 Å². The summed E-state index contributed by atoms with van der Waals surface area (Å²) in [6, 6.07) is 17.1. The third-order valence-electron chi connectivity index (χ3n) is 10.7. The van der Waals surface area contributed by atoms with Gasteiger partial charge in [0, 0.05) is 51.6 Å². The van der Waals surface area contributed by atoms with Crippen LogP contribution < -0.4 is 9.64 Å². The van der Waals surface area contributed by atoms with Crippen LogP contribution in [0.2, 0.25) is 0 Å². The molecule has 4 aliphatic rings. The van der Waals surface area contributed by atoms with Gasteiger partial charge >= 0.3 is 5.97 Å². The Morgan fingerprint density at radius 3 is 2.73 bits per heavy atom. The predicted octanol–water partition coefficient (Wildman–Crippen LogP) is 5.41. The SMILES string of the molecule is COC[C@H]1N(c2cccc(-c3cccc(C)c3OCc3ccc4c(c3C)CCN(C3CCOCC3)C4)n2)C[C@@H]2C[C@@]21C(=O)O. The molecule has 0 unspecified atom stereocenters. The third-order valence-corrected chi connectivity index (χ3v) is 10.7. The topological polar surface area (TPSA) is 84.4 Å². The number of carboxylic acids is 1. The first kappa shape index (κ1) is 29.3. The normalized spacial score (nSPS) is 25.0. The minimum Gasteiger partial charge on any atom is -0.488 e. The maximum Gasteiger partial charge on any atom is 0.312 e. The number of piperidine rings is 1. The van der Waals surface area contributed by atoms with Crippen LogP contribution in [-0.2, 0) is 33.8 Å². The van der Waals surface area contributed by atoms with Crippen LogP contribution in [0, 0.1) is 25.2 Å². The van der Waals surface area contributed by atoms with E-state index >= 15 is 0 Å². The zero-order valence-electron chi connectivity index (χ0n) is 26.1. The second-order valence-electron chi connectivity index (χ2n) is 13.0. The molecular weight excluding hydrogens is 554 g/mol. The number of anilines is 1. The zero-order chi connectivity index (χ0) is 30.4. The molecule has 1 aliphatic carbocycles. The van der Waals surface area contributed by atoms with Crippen molar-refractivity contribution in [3.05, 3.63) is 76.3 Å². The van der Waals surface area contributed by atoms with Gasteiger partial charge in [-0.3, -0.25) is 9.69 Å². The number of carboxylic acid groups (broad SMARTS) is 1. The molecule has 3 fully saturated rings. The van der Waals surface area contributed by atoms with E-state index in [-0.39, 0.29) is 12.0 Å². The van der Waals surface area contributed by atoms with Gasteiger partial charge in [0.15, 0.2) is 0 Å². The van der Waals surface area contributed by atoms with E-state index in [1.54, 1.807) is 7.11 Å². The van der Waals surface area contributed by atoms with Gasteiger partial charge < -0.3 is 24.2 Å². The lowest BCUT2D eigenvalue weighted by Gasteiger charge is -2.38. The van der Waals surface area contributed by atoms with Crippen LogP contribution in [0.5, 0.6) is 5.75 Å². The maximum atomic E-state index is 12.2. The van der Waals surface area contributed by atoms with Crippen molar-refractivity contribution in [3.8, 4) is 17.0 Å². The van der Waals surface area contributed by atoms with Crippen molar-refractivity contribution in [1.82, 2.24) is 9.88 Å². The van der Waals surface area contributed by atoms with Crippen molar-refractivity contribution in [2.45, 2.75) is 64.8 Å². The molecule has 0 amide bonds. The molecule has 0 spiro atoms. The maximum absolute atomic E-state index is 12.2. The Bertz CT molecular complexity index is 1550. The summed E-state index contributed by atoms with van der Waals surface area (Å²) in [6.45, 7) is 9.72. The molecule has 3 aromatic rings. The number of nitrogens with zero attached hydrogens (tertiary/aromatic N) is 3. The first-order valence-electron chi connectivity index (χ1n) is 16.0. The highest BCUT2D eigenvalue weighted by Gasteiger charge is 2.71. The van der Waals surface area contributed by atoms with E-state index in [4.69, 9.17) is 19.2 Å². The number of fused-ring (bicyclic) bond motifs is 2. The molecule has 4 heterocycles. The summed E-state index contributed by atoms with van der Waals surface area (Å²) in [5, 5.41) is 10.1. The van der Waals surface area contributed by atoms with E-state index in [1.807, 2.05) is 24.3 Å². The monoisotopic (exact) mass is 597 g/mol. The number of methoxy groups -OCH3 is 1. The van der Waals surface area contributed by atoms with Gasteiger partial charge in [-0.05, 0) is 91.5 Å². The minimum absolute atomic E-state index is 0.133. The number of benzene rings is 2. The molecule has 2 saturated heterocycles. The number of aromatic nitrogens is 1. The average molecular weight is 598 g/mol. The van der Waals surface area contributed by atoms with Crippen LogP contribution in [-0.4, -0.2) is 73.1 Å². The smallest absolute Gasteiger partial charge is 0.312 e. The van der Waals surface area contributed by atoms with Crippen molar-refractivity contribution in [2.75, 3.05) is 44.9 Å². The Morgan fingerprint density at radius 2 is 1.93 bits per heavy atom. The van der Waals surface area contributed by atoms with Crippen molar-refractivity contribution >= 4 is 11.8 Å². The molecule has 3 atom stereocenters. The van der Waals surface area contributed by atoms with Crippen LogP contribution in [0.15, 0.2) is 48.5 Å². The number of ether oxygens (including phenoxy) is 3. The molecule has 1 aromatic heterocycles. The quantitative estimate of drug-likeness (QED) is 0.351. The molecule has 1 N–H and O–H groups in total. The number of pyridine rings is 1. The first-order chi connectivity index (χ1) is 21.4. The summed E-state index contributed by atoms with van der Waals surface area (Å²) in [7, 11) is 1.63. The van der Waals surface area contributed by atoms with Crippen molar-refractivity contribution in [3.63, 3.8) is 0 Å². The van der Waals surface area contributed by atoms with Gasteiger partial charge in [-0.1, -0.05) is 30.3 Å². The molecule has 0 bridgehead atoms. The average Bonchev–Trinajstić information content (AvgIpc) is 3.70. The number of aliphatic carboxylic acids is 1. The summed E-state index contributed by atoms with van der Waals surface area (Å²) in [6.07, 6.45) is 4.04. The highest BCUT2D eigenvalue weighted by molar-refractivity contribution is 5.82. The second kappa shape index (κ2) is 11.8. The van der Waals surface area contributed by atoms with Gasteiger partial charge in [0.25, 0.3) is 0 Å². The lowest BCUT2D eigenvalue weighted by molar-refractivity contribution is -0.144. The third kappa shape index (κ3) is 5.07. The molecule has 2 aromatic carbocycles. The predicted molar refractivity (Wildman–Crippen MR) is 169 cm³/mol. The highest BCUT2D eigenvalue weighted by atomic mass is 16.5. The fourth-order valence-corrected chi connectivity index (χ4v) is 8.04. The summed E-state index contributed by atoms with van der Waals surface area (Å²) >= 11 is 0. The molecule has 8 heteroatoms. The van der Waals surface area contributed by atoms with Crippen LogP contribution in [0.4, 0.5) is 5.82 Å². The molecule has 3 aliphatic heterocycles. The van der Waals surface area contributed by atoms with Gasteiger partial charge in [-0.15, -0.1) is 0 Å². The molecular formula is C36H43N3O5. The summed E-state index contributed by atoms with van der Waals surface area (Å²) < 4.78 is 17.7. The lowest BCUT2D eigenvalue weighted by Crippen LogP contribution is -2.43. The van der Waals surface area contributed by atoms with Gasteiger partial charge in [-0.25, -0.2) is 4.98 Å². The van der Waals surface area contributed by atoms with E-state index < -0.39 is 11.4 Å². The number of hydrogen-bond donors (Lipinski definition) is 1. The van der Waals surface area contributed by atoms with Gasteiger partial charge in [-0.2, -0.15) is 0 Å². The largest absolute Gasteiger partial charge is 0.488 e. The standard InChI is InChI=1S/C36H43N3O5/c1-23-6-4-7-30(31-8-5-9-33(37-31)39-20-27-18-36(27,35(40)41)32(39)22-42-3)34(23)44-21-26-11-10-25-19-38(15-12-29(25)24(26)2)28-13-16-43-17-14-28/h4-11,27-28,32H,12-22H2,1-3H3,(H,40,41)/t27-,32+,36+/m0/s1. The van der Waals surface area contributed by atoms with E-state index in [0.717, 1.165) is 74.0 Å². The van der Waals surface area contributed by atoms with E-state index in [1.165, 1.54) is 22.3 Å².